The van der Waals surface area contributed by atoms with Gasteiger partial charge in [-0.2, -0.15) is 0 Å². The Morgan fingerprint density at radius 2 is 1.27 bits per heavy atom. The number of aliphatic imine (C=N–C) groups is 2. The summed E-state index contributed by atoms with van der Waals surface area (Å²) in [4.78, 5) is 24.0. The van der Waals surface area contributed by atoms with E-state index in [1.165, 1.54) is 43.0 Å². The first-order chi connectivity index (χ1) is 25.7. The molecular weight excluding hydrogens is 743 g/mol. The molecule has 1 saturated carbocycles. The molecule has 2 aromatic carbocycles. The Morgan fingerprint density at radius 1 is 0.750 bits per heavy atom. The molecule has 2 atom stereocenters. The van der Waals surface area contributed by atoms with Crippen LogP contribution in [-0.4, -0.2) is 111 Å². The minimum atomic E-state index is -1.83. The second-order valence-corrected chi connectivity index (χ2v) is 18.9. The maximum absolute atomic E-state index is 11.5. The van der Waals surface area contributed by atoms with Gasteiger partial charge in [0.05, 0.1) is 51.9 Å². The summed E-state index contributed by atoms with van der Waals surface area (Å²) in [6.07, 6.45) is 11.9. The fourth-order valence-electron chi connectivity index (χ4n) is 8.07. The first-order valence-corrected chi connectivity index (χ1v) is 20.5. The first-order valence-electron chi connectivity index (χ1n) is 20.5. The Balaban J connectivity index is 0.00000160. The van der Waals surface area contributed by atoms with Gasteiger partial charge in [0.2, 0.25) is 0 Å². The molecule has 2 aliphatic heterocycles. The van der Waals surface area contributed by atoms with E-state index in [-0.39, 0.29) is 45.7 Å². The van der Waals surface area contributed by atoms with Gasteiger partial charge >= 0.3 is 12.1 Å². The van der Waals surface area contributed by atoms with E-state index in [0.717, 1.165) is 86.8 Å². The Kier molecular flexibility index (Phi) is 16.5. The monoisotopic (exact) mass is 812 g/mol. The predicted octanol–water partition coefficient (Wildman–Crippen LogP) is 8.79. The fourth-order valence-corrected chi connectivity index (χ4v) is 8.07. The second-order valence-electron chi connectivity index (χ2n) is 18.9. The summed E-state index contributed by atoms with van der Waals surface area (Å²) in [6, 6.07) is 8.70. The van der Waals surface area contributed by atoms with Gasteiger partial charge in [-0.3, -0.25) is 24.4 Å². The molecule has 0 radical (unpaired) electrons. The van der Waals surface area contributed by atoms with Crippen LogP contribution in [-0.2, 0) is 40.0 Å². The number of fused-ring (bicyclic) bond motifs is 1. The standard InChI is InChI=1S/C44H67N5O2.CH2O3.Cr/c1-42(2,3)34-27-33(40(51)36(28-34)44(7,8)9)30-46-38-19-12-11-18-37(38)45-29-32-25-31(26-35(39(32)50)43(4,5)6)17-13-14-21-48-23-16-24-49-22-15-20-47(10)41(48)49;2-1(3)4;/h25-30,37-38H,11-24H2,1-10H3,(H-,45,46,50,51);(H2,2,3,4);/p+1. The minimum Gasteiger partial charge on any atom is -0.507 e. The molecule has 2 fully saturated rings. The van der Waals surface area contributed by atoms with E-state index in [0.29, 0.717) is 11.5 Å². The number of aryl methyl sites for hydroxylation is 1. The summed E-state index contributed by atoms with van der Waals surface area (Å²) >= 11 is 0. The number of unbranched alkanes of at least 4 members (excludes halogenated alkanes) is 1. The van der Waals surface area contributed by atoms with Crippen molar-refractivity contribution >= 4 is 24.5 Å². The Morgan fingerprint density at radius 3 is 1.80 bits per heavy atom. The molecule has 0 bridgehead atoms. The second kappa shape index (κ2) is 19.7. The van der Waals surface area contributed by atoms with Crippen LogP contribution >= 0.6 is 0 Å². The van der Waals surface area contributed by atoms with Crippen molar-refractivity contribution in [2.75, 3.05) is 39.8 Å². The van der Waals surface area contributed by atoms with E-state index < -0.39 is 6.16 Å². The van der Waals surface area contributed by atoms with Crippen LogP contribution < -0.4 is 0 Å². The molecule has 1 aliphatic carbocycles. The minimum absolute atomic E-state index is 0. The number of guanidine groups is 1. The van der Waals surface area contributed by atoms with Gasteiger partial charge in [0.25, 0.3) is 0 Å². The summed E-state index contributed by atoms with van der Waals surface area (Å²) in [6.45, 7) is 25.4. The molecule has 5 rings (SSSR count). The van der Waals surface area contributed by atoms with Gasteiger partial charge in [0.15, 0.2) is 0 Å². The predicted molar refractivity (Wildman–Crippen MR) is 226 cm³/mol. The van der Waals surface area contributed by atoms with Crippen molar-refractivity contribution in [2.45, 2.75) is 148 Å². The number of carboxylic acid groups (broad SMARTS) is 2. The summed E-state index contributed by atoms with van der Waals surface area (Å²) in [5.41, 5.74) is 5.57. The van der Waals surface area contributed by atoms with Crippen molar-refractivity contribution in [2.24, 2.45) is 9.98 Å². The van der Waals surface area contributed by atoms with E-state index in [1.807, 2.05) is 12.4 Å². The quantitative estimate of drug-likeness (QED) is 0.113. The van der Waals surface area contributed by atoms with Gasteiger partial charge in [-0.15, -0.1) is 0 Å². The maximum Gasteiger partial charge on any atom is 0.503 e. The van der Waals surface area contributed by atoms with Crippen molar-refractivity contribution < 1.29 is 47.2 Å². The average Bonchev–Trinajstić information content (AvgIpc) is 3.08. The number of nitrogens with zero attached hydrogens (tertiary/aromatic N) is 5. The normalized spacial score (nSPS) is 19.5. The van der Waals surface area contributed by atoms with Crippen molar-refractivity contribution in [3.63, 3.8) is 0 Å². The zero-order chi connectivity index (χ0) is 40.7. The van der Waals surface area contributed by atoms with Crippen LogP contribution in [0.5, 0.6) is 11.5 Å². The molecule has 56 heavy (non-hydrogen) atoms. The van der Waals surface area contributed by atoms with E-state index in [2.05, 4.69) is 108 Å². The number of aromatic hydroxyl groups is 2. The zero-order valence-electron chi connectivity index (χ0n) is 35.9. The van der Waals surface area contributed by atoms with Crippen LogP contribution in [0, 0.1) is 0 Å². The molecule has 3 aliphatic rings. The van der Waals surface area contributed by atoms with Gasteiger partial charge in [-0.25, -0.2) is 4.79 Å². The molecule has 310 valence electrons. The topological polar surface area (TPSA) is 132 Å². The van der Waals surface area contributed by atoms with Crippen molar-refractivity contribution in [3.8, 4) is 11.5 Å². The number of benzene rings is 2. The number of phenols is 2. The summed E-state index contributed by atoms with van der Waals surface area (Å²) in [5, 5.41) is 36.8. The van der Waals surface area contributed by atoms with Gasteiger partial charge in [-0.1, -0.05) is 87.3 Å². The van der Waals surface area contributed by atoms with Gasteiger partial charge < -0.3 is 20.4 Å². The molecule has 2 heterocycles. The molecule has 10 nitrogen and oxygen atoms in total. The third-order valence-corrected chi connectivity index (χ3v) is 11.2. The first kappa shape index (κ1) is 46.8. The fraction of sp³-hybridized carbons (Fsp3) is 0.644. The molecule has 4 N–H and O–H groups in total. The van der Waals surface area contributed by atoms with Crippen LogP contribution in [0.15, 0.2) is 34.3 Å². The maximum atomic E-state index is 11.5. The number of hydrogen-bond donors (Lipinski definition) is 4. The zero-order valence-corrected chi connectivity index (χ0v) is 37.1. The molecular formula is C45H70CrN5O5+. The van der Waals surface area contributed by atoms with Crippen molar-refractivity contribution in [1.29, 1.82) is 0 Å². The van der Waals surface area contributed by atoms with Crippen molar-refractivity contribution in [3.05, 3.63) is 57.6 Å². The smallest absolute Gasteiger partial charge is 0.503 e. The Hall–Kier alpha value is -3.55. The van der Waals surface area contributed by atoms with Crippen LogP contribution in [0.2, 0.25) is 0 Å². The number of carbonyl (C=O) groups is 1. The number of rotatable bonds is 9. The third kappa shape index (κ3) is 12.7. The van der Waals surface area contributed by atoms with Gasteiger partial charge in [0, 0.05) is 64.9 Å². The largest absolute Gasteiger partial charge is 0.507 e. The van der Waals surface area contributed by atoms with Crippen LogP contribution in [0.25, 0.3) is 0 Å². The summed E-state index contributed by atoms with van der Waals surface area (Å²) in [7, 11) is 2.24. The van der Waals surface area contributed by atoms with E-state index in [1.54, 1.807) is 0 Å². The van der Waals surface area contributed by atoms with Crippen LogP contribution in [0.3, 0.4) is 0 Å². The van der Waals surface area contributed by atoms with Crippen molar-refractivity contribution in [1.82, 2.24) is 9.80 Å². The van der Waals surface area contributed by atoms with E-state index in [4.69, 9.17) is 25.0 Å². The number of hydrogen-bond acceptors (Lipinski definition) is 7. The molecule has 2 aromatic rings. The molecule has 0 aromatic heterocycles. The SMILES string of the molecule is C[N+]1=C2N(CCCCc3cc(C=NC4CCCCC4N=Cc4cc(C(C)(C)C)cc(C(C)(C)C)c4O)c(O)c(C(C)(C)C)c3)CCCN2CCC1.O=C(O)O.[Cr]. The van der Waals surface area contributed by atoms with Crippen LogP contribution in [0.1, 0.15) is 147 Å². The molecule has 11 heteroatoms. The summed E-state index contributed by atoms with van der Waals surface area (Å²) < 4.78 is 2.45. The molecule has 0 spiro atoms. The molecule has 1 saturated heterocycles. The number of phenolic OH excluding ortho intramolecular Hbond substituents is 2. The van der Waals surface area contributed by atoms with Gasteiger partial charge in [-0.05, 0) is 71.6 Å². The molecule has 2 unspecified atom stereocenters. The summed E-state index contributed by atoms with van der Waals surface area (Å²) in [5.74, 6) is 2.10. The van der Waals surface area contributed by atoms with Crippen LogP contribution in [0.4, 0.5) is 4.79 Å². The Labute approximate surface area is 347 Å². The van der Waals surface area contributed by atoms with E-state index in [9.17, 15) is 10.2 Å². The average molecular weight is 813 g/mol. The molecule has 0 amide bonds. The Bertz CT molecular complexity index is 1730. The van der Waals surface area contributed by atoms with E-state index >= 15 is 0 Å². The third-order valence-electron chi connectivity index (χ3n) is 11.2. The van der Waals surface area contributed by atoms with Gasteiger partial charge in [0.1, 0.15) is 11.5 Å².